The predicted molar refractivity (Wildman–Crippen MR) is 37.3 cm³/mol. The van der Waals surface area contributed by atoms with Crippen molar-refractivity contribution >= 4 is 29.1 Å². The quantitative estimate of drug-likeness (QED) is 0.531. The molecule has 0 spiro atoms. The zero-order valence-electron chi connectivity index (χ0n) is 4.34. The van der Waals surface area contributed by atoms with Crippen molar-refractivity contribution in [3.8, 4) is 0 Å². The monoisotopic (exact) mass is 186 g/mol. The lowest BCUT2D eigenvalue weighted by Gasteiger charge is -2.08. The summed E-state index contributed by atoms with van der Waals surface area (Å²) in [4.78, 5) is 10.3. The Bertz CT molecular complexity index is 141. The normalized spacial score (nSPS) is 38.4. The molecule has 0 bridgehead atoms. The van der Waals surface area contributed by atoms with Gasteiger partial charge in [-0.2, -0.15) is 0 Å². The molecule has 52 valence electrons. The Hall–Kier alpha value is 0.360. The first-order chi connectivity index (χ1) is 4.18. The van der Waals surface area contributed by atoms with E-state index in [9.17, 15) is 13.9 Å². The molecular formula is C2H5O4P3. The molecule has 0 aromatic rings. The molecule has 0 aromatic heterocycles. The van der Waals surface area contributed by atoms with E-state index in [2.05, 4.69) is 4.52 Å². The van der Waals surface area contributed by atoms with E-state index < -0.39 is 21.2 Å². The van der Waals surface area contributed by atoms with Gasteiger partial charge in [-0.25, -0.2) is 0 Å². The van der Waals surface area contributed by atoms with Crippen LogP contribution in [0.4, 0.5) is 0 Å². The minimum absolute atomic E-state index is 0.0144. The lowest BCUT2D eigenvalue weighted by atomic mass is 10.8. The fourth-order valence-corrected chi connectivity index (χ4v) is 6.76. The van der Waals surface area contributed by atoms with Gasteiger partial charge in [-0.15, -0.1) is 0 Å². The molecule has 1 aliphatic heterocycles. The van der Waals surface area contributed by atoms with Gasteiger partial charge in [0.2, 0.25) is 0 Å². The summed E-state index contributed by atoms with van der Waals surface area (Å²) in [7, 11) is -4.20. The highest BCUT2D eigenvalue weighted by atomic mass is 32.4. The minimum atomic E-state index is -2.23. The molecule has 0 N–H and O–H groups in total. The van der Waals surface area contributed by atoms with Crippen LogP contribution in [0.1, 0.15) is 0 Å². The molecule has 0 aromatic carbocycles. The van der Waals surface area contributed by atoms with Gasteiger partial charge in [0.15, 0.2) is 0 Å². The molecule has 3 unspecified atom stereocenters. The van der Waals surface area contributed by atoms with Crippen LogP contribution in [-0.4, -0.2) is 12.1 Å². The van der Waals surface area contributed by atoms with Crippen molar-refractivity contribution in [2.45, 2.75) is 0 Å². The van der Waals surface area contributed by atoms with Gasteiger partial charge in [0, 0.05) is 7.96 Å². The average Bonchev–Trinajstić information content (AvgIpc) is 1.59. The molecule has 1 rings (SSSR count). The van der Waals surface area contributed by atoms with E-state index in [0.717, 1.165) is 0 Å². The van der Waals surface area contributed by atoms with Crippen molar-refractivity contribution < 1.29 is 18.4 Å². The van der Waals surface area contributed by atoms with Crippen LogP contribution in [0.2, 0.25) is 0 Å². The lowest BCUT2D eigenvalue weighted by Crippen LogP contribution is -2.02. The fourth-order valence-electron chi connectivity index (χ4n) is 0.454. The third-order valence-corrected chi connectivity index (χ3v) is 8.89. The van der Waals surface area contributed by atoms with Crippen LogP contribution in [0.25, 0.3) is 0 Å². The van der Waals surface area contributed by atoms with Crippen molar-refractivity contribution in [3.63, 3.8) is 0 Å². The molecule has 1 aliphatic rings. The molecule has 0 aliphatic carbocycles. The number of hydrogen-bond donors (Lipinski definition) is 0. The Morgan fingerprint density at radius 1 is 1.56 bits per heavy atom. The molecule has 9 heavy (non-hydrogen) atoms. The second-order valence-corrected chi connectivity index (χ2v) is 9.61. The van der Waals surface area contributed by atoms with E-state index in [-0.39, 0.29) is 14.1 Å². The average molecular weight is 186 g/mol. The topological polar surface area (TPSA) is 60.4 Å². The minimum Gasteiger partial charge on any atom is -0.410 e. The van der Waals surface area contributed by atoms with Crippen LogP contribution in [0.5, 0.6) is 0 Å². The number of carbonyl (C=O) groups excluding carboxylic acids is 1. The second kappa shape index (κ2) is 2.96. The Balaban J connectivity index is 2.64. The molecule has 1 heterocycles. The Morgan fingerprint density at radius 3 is 2.67 bits per heavy atom. The molecule has 0 amide bonds. The molecule has 0 saturated carbocycles. The van der Waals surface area contributed by atoms with Gasteiger partial charge >= 0.3 is 5.97 Å². The second-order valence-electron chi connectivity index (χ2n) is 1.49. The molecule has 0 radical (unpaired) electrons. The van der Waals surface area contributed by atoms with Crippen LogP contribution in [0, 0.1) is 0 Å². The van der Waals surface area contributed by atoms with E-state index in [4.69, 9.17) is 0 Å². The van der Waals surface area contributed by atoms with E-state index in [1.165, 1.54) is 0 Å². The highest BCUT2D eigenvalue weighted by Gasteiger charge is 2.20. The van der Waals surface area contributed by atoms with E-state index in [0.29, 0.717) is 0 Å². The lowest BCUT2D eigenvalue weighted by molar-refractivity contribution is -0.130. The predicted octanol–water partition coefficient (Wildman–Crippen LogP) is 1.09. The van der Waals surface area contributed by atoms with Gasteiger partial charge in [-0.1, -0.05) is 0 Å². The fraction of sp³-hybridized carbons (Fsp3) is 0.500. The third kappa shape index (κ3) is 2.21. The highest BCUT2D eigenvalue weighted by Crippen LogP contribution is 2.65. The van der Waals surface area contributed by atoms with Gasteiger partial charge < -0.3 is 9.09 Å². The molecule has 3 atom stereocenters. The standard InChI is InChI=1S/C2H5O4P3/c3-2-1-8(4)7-9(5)6-2/h7-9H,1H2. The van der Waals surface area contributed by atoms with Gasteiger partial charge in [0.25, 0.3) is 7.72 Å². The highest BCUT2D eigenvalue weighted by molar-refractivity contribution is 8.46. The first kappa shape index (κ1) is 7.47. The third-order valence-electron chi connectivity index (χ3n) is 0.753. The number of rotatable bonds is 0. The Morgan fingerprint density at radius 2 is 2.22 bits per heavy atom. The van der Waals surface area contributed by atoms with Crippen molar-refractivity contribution in [2.24, 2.45) is 0 Å². The van der Waals surface area contributed by atoms with Crippen molar-refractivity contribution in [2.75, 3.05) is 6.16 Å². The van der Waals surface area contributed by atoms with Crippen LogP contribution >= 0.6 is 23.2 Å². The zero-order valence-corrected chi connectivity index (χ0v) is 7.34. The summed E-state index contributed by atoms with van der Waals surface area (Å²) in [6.07, 6.45) is -0.0144. The molecule has 1 saturated heterocycles. The van der Waals surface area contributed by atoms with E-state index >= 15 is 0 Å². The summed E-state index contributed by atoms with van der Waals surface area (Å²) >= 11 is 0. The Kier molecular flexibility index (Phi) is 2.46. The first-order valence-corrected chi connectivity index (χ1v) is 8.16. The number of carbonyl (C=O) groups is 1. The van der Waals surface area contributed by atoms with Crippen LogP contribution < -0.4 is 0 Å². The summed E-state index contributed by atoms with van der Waals surface area (Å²) in [5.41, 5.74) is 0. The summed E-state index contributed by atoms with van der Waals surface area (Å²) in [6, 6.07) is 0. The van der Waals surface area contributed by atoms with E-state index in [1.807, 2.05) is 0 Å². The maximum atomic E-state index is 10.6. The zero-order chi connectivity index (χ0) is 6.85. The SMILES string of the molecule is O=C1C[PH](=O)P[PH](=O)O1. The number of hydrogen-bond acceptors (Lipinski definition) is 4. The Labute approximate surface area is 54.6 Å². The van der Waals surface area contributed by atoms with Crippen LogP contribution in [0.15, 0.2) is 0 Å². The smallest absolute Gasteiger partial charge is 0.318 e. The first-order valence-electron chi connectivity index (χ1n) is 2.23. The van der Waals surface area contributed by atoms with Gasteiger partial charge in [-0.05, 0) is 0 Å². The molecule has 7 heteroatoms. The molecule has 4 nitrogen and oxygen atoms in total. The van der Waals surface area contributed by atoms with E-state index in [1.54, 1.807) is 0 Å². The molecular weight excluding hydrogens is 181 g/mol. The summed E-state index contributed by atoms with van der Waals surface area (Å²) in [5, 5.41) is 0. The van der Waals surface area contributed by atoms with Crippen LogP contribution in [-0.2, 0) is 18.4 Å². The van der Waals surface area contributed by atoms with Crippen LogP contribution in [0.3, 0.4) is 0 Å². The maximum absolute atomic E-state index is 10.6. The van der Waals surface area contributed by atoms with Gasteiger partial charge in [0.05, 0.1) is 0 Å². The summed E-state index contributed by atoms with van der Waals surface area (Å²) in [5.74, 6) is -0.568. The van der Waals surface area contributed by atoms with Crippen molar-refractivity contribution in [1.82, 2.24) is 0 Å². The van der Waals surface area contributed by atoms with Gasteiger partial charge in [0.1, 0.15) is 13.7 Å². The summed E-state index contributed by atoms with van der Waals surface area (Å²) in [6.45, 7) is 0. The van der Waals surface area contributed by atoms with Crippen molar-refractivity contribution in [1.29, 1.82) is 0 Å². The molecule has 1 fully saturated rings. The maximum Gasteiger partial charge on any atom is 0.318 e. The largest absolute Gasteiger partial charge is 0.410 e. The van der Waals surface area contributed by atoms with Gasteiger partial charge in [-0.3, -0.25) is 9.36 Å². The summed E-state index contributed by atoms with van der Waals surface area (Å²) < 4.78 is 25.4. The van der Waals surface area contributed by atoms with Crippen molar-refractivity contribution in [3.05, 3.63) is 0 Å².